The molecule has 0 radical (unpaired) electrons. The van der Waals surface area contributed by atoms with Gasteiger partial charge in [0.05, 0.1) is 5.71 Å². The molecule has 1 N–H and O–H groups in total. The second-order valence-corrected chi connectivity index (χ2v) is 4.73. The summed E-state index contributed by atoms with van der Waals surface area (Å²) in [6.45, 7) is 0. The van der Waals surface area contributed by atoms with E-state index in [1.807, 2.05) is 12.1 Å². The van der Waals surface area contributed by atoms with Crippen molar-refractivity contribution in [1.29, 1.82) is 0 Å². The highest BCUT2D eigenvalue weighted by atomic mass is 16.2. The number of benzene rings is 1. The van der Waals surface area contributed by atoms with E-state index < -0.39 is 0 Å². The number of aromatic nitrogens is 1. The zero-order valence-corrected chi connectivity index (χ0v) is 11.0. The smallest absolute Gasteiger partial charge is 0.266 e. The number of carbonyl (C=O) groups excluding carboxylic acids is 1. The second kappa shape index (κ2) is 5.65. The fourth-order valence-corrected chi connectivity index (χ4v) is 2.39. The molecule has 1 aliphatic carbocycles. The molecule has 1 heterocycles. The van der Waals surface area contributed by atoms with Crippen LogP contribution in [0.1, 0.15) is 34.5 Å². The Labute approximate surface area is 117 Å². The van der Waals surface area contributed by atoms with Crippen LogP contribution in [-0.2, 0) is 6.42 Å². The summed E-state index contributed by atoms with van der Waals surface area (Å²) in [7, 11) is 0. The maximum absolute atomic E-state index is 11.9. The van der Waals surface area contributed by atoms with Crippen LogP contribution < -0.4 is 5.43 Å². The third kappa shape index (κ3) is 2.59. The van der Waals surface area contributed by atoms with Gasteiger partial charge in [0.2, 0.25) is 0 Å². The van der Waals surface area contributed by atoms with Crippen LogP contribution in [0.3, 0.4) is 0 Å². The van der Waals surface area contributed by atoms with Crippen LogP contribution in [0.2, 0.25) is 0 Å². The number of carbonyl (C=O) groups is 1. The quantitative estimate of drug-likeness (QED) is 0.848. The first-order valence-electron chi connectivity index (χ1n) is 6.71. The van der Waals surface area contributed by atoms with Crippen LogP contribution >= 0.6 is 0 Å². The van der Waals surface area contributed by atoms with Gasteiger partial charge < -0.3 is 0 Å². The lowest BCUT2D eigenvalue weighted by Crippen LogP contribution is -2.22. The van der Waals surface area contributed by atoms with Gasteiger partial charge in [0, 0.05) is 11.8 Å². The minimum atomic E-state index is -0.277. The number of hydrogen-bond acceptors (Lipinski definition) is 3. The SMILES string of the molecule is O=C(NN=C1CCCc2ccccc21)c1ccccn1. The van der Waals surface area contributed by atoms with Gasteiger partial charge in [-0.2, -0.15) is 5.10 Å². The van der Waals surface area contributed by atoms with E-state index in [9.17, 15) is 4.79 Å². The summed E-state index contributed by atoms with van der Waals surface area (Å²) in [5.74, 6) is -0.277. The van der Waals surface area contributed by atoms with Crippen LogP contribution in [0, 0.1) is 0 Å². The van der Waals surface area contributed by atoms with E-state index in [4.69, 9.17) is 0 Å². The molecule has 1 aromatic carbocycles. The Bertz CT molecular complexity index is 650. The lowest BCUT2D eigenvalue weighted by molar-refractivity contribution is 0.0950. The minimum absolute atomic E-state index is 0.277. The third-order valence-electron chi connectivity index (χ3n) is 3.38. The predicted octanol–water partition coefficient (Wildman–Crippen LogP) is 2.55. The molecule has 100 valence electrons. The van der Waals surface area contributed by atoms with Crippen molar-refractivity contribution >= 4 is 11.6 Å². The van der Waals surface area contributed by atoms with Gasteiger partial charge in [-0.15, -0.1) is 0 Å². The maximum Gasteiger partial charge on any atom is 0.289 e. The maximum atomic E-state index is 11.9. The van der Waals surface area contributed by atoms with Gasteiger partial charge in [-0.3, -0.25) is 9.78 Å². The lowest BCUT2D eigenvalue weighted by atomic mass is 9.90. The van der Waals surface area contributed by atoms with Gasteiger partial charge >= 0.3 is 0 Å². The standard InChI is InChI=1S/C16H15N3O/c20-16(15-9-3-4-11-17-15)19-18-14-10-5-7-12-6-1-2-8-13(12)14/h1-4,6,8-9,11H,5,7,10H2,(H,19,20). The van der Waals surface area contributed by atoms with E-state index in [2.05, 4.69) is 27.6 Å². The average molecular weight is 265 g/mol. The first-order chi connectivity index (χ1) is 9.84. The molecule has 4 heteroatoms. The Hall–Kier alpha value is -2.49. The number of amides is 1. The minimum Gasteiger partial charge on any atom is -0.266 e. The molecule has 0 saturated carbocycles. The van der Waals surface area contributed by atoms with Crippen molar-refractivity contribution in [2.24, 2.45) is 5.10 Å². The zero-order valence-electron chi connectivity index (χ0n) is 11.0. The first-order valence-corrected chi connectivity index (χ1v) is 6.71. The summed E-state index contributed by atoms with van der Waals surface area (Å²) in [6, 6.07) is 13.4. The molecule has 1 amide bonds. The molecule has 0 saturated heterocycles. The summed E-state index contributed by atoms with van der Waals surface area (Å²) >= 11 is 0. The number of rotatable bonds is 2. The molecule has 0 fully saturated rings. The Morgan fingerprint density at radius 3 is 2.80 bits per heavy atom. The topological polar surface area (TPSA) is 54.4 Å². The normalized spacial score (nSPS) is 15.7. The molecular formula is C16H15N3O. The Morgan fingerprint density at radius 1 is 1.10 bits per heavy atom. The fourth-order valence-electron chi connectivity index (χ4n) is 2.39. The summed E-state index contributed by atoms with van der Waals surface area (Å²) in [5.41, 5.74) is 6.35. The number of pyridine rings is 1. The number of aryl methyl sites for hydroxylation is 1. The number of nitrogens with zero attached hydrogens (tertiary/aromatic N) is 2. The predicted molar refractivity (Wildman–Crippen MR) is 77.6 cm³/mol. The van der Waals surface area contributed by atoms with Crippen molar-refractivity contribution in [2.45, 2.75) is 19.3 Å². The third-order valence-corrected chi connectivity index (χ3v) is 3.38. The number of fused-ring (bicyclic) bond motifs is 1. The molecule has 20 heavy (non-hydrogen) atoms. The largest absolute Gasteiger partial charge is 0.289 e. The van der Waals surface area contributed by atoms with Crippen LogP contribution in [0.25, 0.3) is 0 Å². The molecule has 1 aliphatic rings. The molecule has 0 aliphatic heterocycles. The van der Waals surface area contributed by atoms with Gasteiger partial charge in [-0.25, -0.2) is 5.43 Å². The van der Waals surface area contributed by atoms with Crippen molar-refractivity contribution in [3.8, 4) is 0 Å². The van der Waals surface area contributed by atoms with Gasteiger partial charge in [-0.05, 0) is 37.0 Å². The van der Waals surface area contributed by atoms with E-state index in [1.165, 1.54) is 5.56 Å². The molecule has 0 atom stereocenters. The average Bonchev–Trinajstić information content (AvgIpc) is 2.53. The molecule has 4 nitrogen and oxygen atoms in total. The van der Waals surface area contributed by atoms with Gasteiger partial charge in [0.1, 0.15) is 5.69 Å². The summed E-state index contributed by atoms with van der Waals surface area (Å²) in [6.07, 6.45) is 4.62. The summed E-state index contributed by atoms with van der Waals surface area (Å²) in [4.78, 5) is 15.9. The molecule has 0 bridgehead atoms. The fraction of sp³-hybridized carbons (Fsp3) is 0.188. The highest BCUT2D eigenvalue weighted by Gasteiger charge is 2.15. The van der Waals surface area contributed by atoms with E-state index in [1.54, 1.807) is 24.4 Å². The van der Waals surface area contributed by atoms with Crippen LogP contribution in [0.5, 0.6) is 0 Å². The number of hydrazone groups is 1. The van der Waals surface area contributed by atoms with E-state index in [-0.39, 0.29) is 5.91 Å². The van der Waals surface area contributed by atoms with Crippen LogP contribution in [0.15, 0.2) is 53.8 Å². The Balaban J connectivity index is 1.79. The lowest BCUT2D eigenvalue weighted by Gasteiger charge is -2.17. The Morgan fingerprint density at radius 2 is 1.95 bits per heavy atom. The van der Waals surface area contributed by atoms with E-state index in [0.717, 1.165) is 30.5 Å². The summed E-state index contributed by atoms with van der Waals surface area (Å²) in [5, 5.41) is 4.28. The van der Waals surface area contributed by atoms with Crippen LogP contribution in [-0.4, -0.2) is 16.6 Å². The summed E-state index contributed by atoms with van der Waals surface area (Å²) < 4.78 is 0. The Kier molecular flexibility index (Phi) is 3.54. The molecule has 0 spiro atoms. The molecule has 3 rings (SSSR count). The van der Waals surface area contributed by atoms with E-state index >= 15 is 0 Å². The zero-order chi connectivity index (χ0) is 13.8. The van der Waals surface area contributed by atoms with Gasteiger partial charge in [0.15, 0.2) is 0 Å². The van der Waals surface area contributed by atoms with Crippen molar-refractivity contribution < 1.29 is 4.79 Å². The monoisotopic (exact) mass is 265 g/mol. The van der Waals surface area contributed by atoms with Gasteiger partial charge in [0.25, 0.3) is 5.91 Å². The van der Waals surface area contributed by atoms with E-state index in [0.29, 0.717) is 5.69 Å². The van der Waals surface area contributed by atoms with Crippen molar-refractivity contribution in [3.63, 3.8) is 0 Å². The number of hydrogen-bond donors (Lipinski definition) is 1. The van der Waals surface area contributed by atoms with Crippen molar-refractivity contribution in [2.75, 3.05) is 0 Å². The van der Waals surface area contributed by atoms with Gasteiger partial charge in [-0.1, -0.05) is 30.3 Å². The molecule has 2 aromatic rings. The molecular weight excluding hydrogens is 250 g/mol. The second-order valence-electron chi connectivity index (χ2n) is 4.73. The van der Waals surface area contributed by atoms with Crippen molar-refractivity contribution in [1.82, 2.24) is 10.4 Å². The first kappa shape index (κ1) is 12.5. The highest BCUT2D eigenvalue weighted by molar-refractivity contribution is 6.03. The highest BCUT2D eigenvalue weighted by Crippen LogP contribution is 2.21. The molecule has 0 unspecified atom stereocenters. The van der Waals surface area contributed by atoms with Crippen molar-refractivity contribution in [3.05, 3.63) is 65.5 Å². The number of nitrogens with one attached hydrogen (secondary N) is 1. The van der Waals surface area contributed by atoms with Crippen LogP contribution in [0.4, 0.5) is 0 Å². The molecule has 1 aromatic heterocycles.